The second kappa shape index (κ2) is 10.4. The molecule has 0 atom stereocenters. The lowest BCUT2D eigenvalue weighted by Gasteiger charge is -2.36. The number of nitrogens with zero attached hydrogens (tertiary/aromatic N) is 2. The Hall–Kier alpha value is -4.05. The van der Waals surface area contributed by atoms with Crippen molar-refractivity contribution in [1.29, 1.82) is 0 Å². The SMILES string of the molecule is CC(C)(C)[Si](C)(C)Oc1cccc(-c2cn3c(=O)c(Cc4ccc(C(F)(F)F)o4)nc-3c(Cc3ccccc3)[nH]2)c1. The molecule has 3 aromatic rings. The number of halogens is 3. The fourth-order valence-electron chi connectivity index (χ4n) is 4.33. The van der Waals surface area contributed by atoms with Crippen molar-refractivity contribution in [1.82, 2.24) is 14.5 Å². The predicted octanol–water partition coefficient (Wildman–Crippen LogP) is 7.84. The molecule has 0 saturated heterocycles. The first-order chi connectivity index (χ1) is 19.2. The van der Waals surface area contributed by atoms with Gasteiger partial charge in [0.2, 0.25) is 14.1 Å². The maximum atomic E-state index is 13.5. The number of imidazole rings is 1. The van der Waals surface area contributed by atoms with Crippen LogP contribution in [-0.2, 0) is 19.0 Å². The van der Waals surface area contributed by atoms with Crippen LogP contribution in [0.2, 0.25) is 18.1 Å². The van der Waals surface area contributed by atoms with Crippen molar-refractivity contribution >= 4 is 8.32 Å². The van der Waals surface area contributed by atoms with E-state index in [1.807, 2.05) is 54.6 Å². The van der Waals surface area contributed by atoms with Gasteiger partial charge in [0.1, 0.15) is 17.2 Å². The first-order valence-corrected chi connectivity index (χ1v) is 16.2. The van der Waals surface area contributed by atoms with Crippen LogP contribution in [0.4, 0.5) is 13.2 Å². The van der Waals surface area contributed by atoms with Gasteiger partial charge < -0.3 is 13.8 Å². The normalized spacial score (nSPS) is 12.7. The largest absolute Gasteiger partial charge is 0.543 e. The fraction of sp³-hybridized carbons (Fsp3) is 0.290. The number of rotatable bonds is 7. The van der Waals surface area contributed by atoms with Gasteiger partial charge in [0.25, 0.3) is 5.56 Å². The third-order valence-corrected chi connectivity index (χ3v) is 11.9. The van der Waals surface area contributed by atoms with E-state index in [1.165, 1.54) is 10.6 Å². The standard InChI is InChI=1S/C31H32F3N3O3Si/c1-30(2,3)41(4,5)40-23-13-9-12-21(17-23)26-19-37-28(24(35-26)16-20-10-7-6-8-11-20)36-25(29(37)38)18-22-14-15-27(39-22)31(32,33)34/h6-15,17,19,35H,16,18H2,1-5H3. The molecule has 2 aromatic carbocycles. The number of aromatic amines is 1. The summed E-state index contributed by atoms with van der Waals surface area (Å²) < 4.78 is 52.1. The zero-order chi connectivity index (χ0) is 29.6. The highest BCUT2D eigenvalue weighted by Crippen LogP contribution is 2.38. The molecule has 1 N–H and O–H groups in total. The van der Waals surface area contributed by atoms with E-state index in [0.717, 1.165) is 22.9 Å². The zero-order valence-corrected chi connectivity index (χ0v) is 24.6. The predicted molar refractivity (Wildman–Crippen MR) is 154 cm³/mol. The molecule has 214 valence electrons. The van der Waals surface area contributed by atoms with Crippen LogP contribution in [0.25, 0.3) is 17.1 Å². The molecule has 0 saturated carbocycles. The molecule has 0 spiro atoms. The molecule has 0 radical (unpaired) electrons. The minimum absolute atomic E-state index is 0.0159. The quantitative estimate of drug-likeness (QED) is 0.199. The highest BCUT2D eigenvalue weighted by Gasteiger charge is 2.39. The Morgan fingerprint density at radius 3 is 2.37 bits per heavy atom. The molecule has 0 unspecified atom stereocenters. The van der Waals surface area contributed by atoms with Crippen LogP contribution < -0.4 is 9.99 Å². The summed E-state index contributed by atoms with van der Waals surface area (Å²) in [5.41, 5.74) is 2.90. The summed E-state index contributed by atoms with van der Waals surface area (Å²) >= 11 is 0. The monoisotopic (exact) mass is 579 g/mol. The Morgan fingerprint density at radius 2 is 1.71 bits per heavy atom. The van der Waals surface area contributed by atoms with Crippen LogP contribution in [0, 0.1) is 0 Å². The van der Waals surface area contributed by atoms with E-state index >= 15 is 0 Å². The molecule has 6 nitrogen and oxygen atoms in total. The average molecular weight is 580 g/mol. The molecule has 2 aliphatic heterocycles. The summed E-state index contributed by atoms with van der Waals surface area (Å²) in [4.78, 5) is 21.5. The molecule has 3 heterocycles. The minimum atomic E-state index is -4.60. The highest BCUT2D eigenvalue weighted by molar-refractivity contribution is 6.74. The van der Waals surface area contributed by atoms with Gasteiger partial charge in [-0.3, -0.25) is 9.36 Å². The Bertz CT molecular complexity index is 1700. The number of aromatic nitrogens is 3. The second-order valence-corrected chi connectivity index (χ2v) is 16.4. The Labute approximate surface area is 237 Å². The Kier molecular flexibility index (Phi) is 7.23. The topological polar surface area (TPSA) is 73.1 Å². The summed E-state index contributed by atoms with van der Waals surface area (Å²) in [6.07, 6.45) is -2.62. The van der Waals surface area contributed by atoms with Gasteiger partial charge in [-0.05, 0) is 48.0 Å². The molecule has 0 fully saturated rings. The number of H-pyrrole nitrogens is 1. The van der Waals surface area contributed by atoms with Gasteiger partial charge in [-0.15, -0.1) is 0 Å². The third kappa shape index (κ3) is 6.02. The highest BCUT2D eigenvalue weighted by atomic mass is 28.4. The van der Waals surface area contributed by atoms with E-state index in [4.69, 9.17) is 8.84 Å². The smallest absolute Gasteiger partial charge is 0.449 e. The van der Waals surface area contributed by atoms with Gasteiger partial charge in [0.05, 0.1) is 17.8 Å². The second-order valence-electron chi connectivity index (χ2n) is 11.7. The van der Waals surface area contributed by atoms with Gasteiger partial charge in [-0.2, -0.15) is 13.2 Å². The molecular weight excluding hydrogens is 547 g/mol. The van der Waals surface area contributed by atoms with Crippen LogP contribution in [0.15, 0.2) is 82.1 Å². The van der Waals surface area contributed by atoms with E-state index < -0.39 is 25.8 Å². The van der Waals surface area contributed by atoms with Crippen molar-refractivity contribution in [3.05, 3.63) is 112 Å². The lowest BCUT2D eigenvalue weighted by molar-refractivity contribution is -0.153. The molecule has 0 amide bonds. The van der Waals surface area contributed by atoms with Gasteiger partial charge in [-0.25, -0.2) is 4.98 Å². The summed E-state index contributed by atoms with van der Waals surface area (Å²) in [6, 6.07) is 19.6. The minimum Gasteiger partial charge on any atom is -0.543 e. The number of furan rings is 1. The summed E-state index contributed by atoms with van der Waals surface area (Å²) in [5, 5.41) is 0.0242. The van der Waals surface area contributed by atoms with Crippen LogP contribution >= 0.6 is 0 Å². The third-order valence-electron chi connectivity index (χ3n) is 7.58. The average Bonchev–Trinajstić information content (AvgIpc) is 3.49. The van der Waals surface area contributed by atoms with E-state index in [0.29, 0.717) is 23.6 Å². The molecule has 0 aliphatic carbocycles. The first kappa shape index (κ1) is 28.5. The number of hydrogen-bond donors (Lipinski definition) is 1. The molecule has 1 aromatic heterocycles. The van der Waals surface area contributed by atoms with Crippen molar-refractivity contribution < 1.29 is 22.0 Å². The van der Waals surface area contributed by atoms with Crippen molar-refractivity contribution in [2.24, 2.45) is 0 Å². The lowest BCUT2D eigenvalue weighted by Crippen LogP contribution is -2.43. The number of alkyl halides is 3. The summed E-state index contributed by atoms with van der Waals surface area (Å²) in [6.45, 7) is 10.9. The maximum absolute atomic E-state index is 13.5. The van der Waals surface area contributed by atoms with Crippen molar-refractivity contribution in [3.63, 3.8) is 0 Å². The zero-order valence-electron chi connectivity index (χ0n) is 23.6. The van der Waals surface area contributed by atoms with Crippen molar-refractivity contribution in [3.8, 4) is 22.8 Å². The van der Waals surface area contributed by atoms with E-state index in [2.05, 4.69) is 43.8 Å². The molecule has 5 rings (SSSR count). The van der Waals surface area contributed by atoms with Crippen LogP contribution in [0.5, 0.6) is 5.75 Å². The molecule has 10 heteroatoms. The van der Waals surface area contributed by atoms with E-state index in [-0.39, 0.29) is 22.9 Å². The lowest BCUT2D eigenvalue weighted by atomic mass is 10.1. The van der Waals surface area contributed by atoms with Crippen molar-refractivity contribution in [2.45, 2.75) is 57.9 Å². The number of nitrogens with one attached hydrogen (secondary N) is 1. The van der Waals surface area contributed by atoms with Gasteiger partial charge >= 0.3 is 6.18 Å². The van der Waals surface area contributed by atoms with Crippen LogP contribution in [0.1, 0.15) is 49.2 Å². The van der Waals surface area contributed by atoms with Gasteiger partial charge in [-0.1, -0.05) is 63.2 Å². The number of benzene rings is 2. The molecule has 2 aliphatic rings. The number of hydrogen-bond acceptors (Lipinski definition) is 4. The van der Waals surface area contributed by atoms with Crippen LogP contribution in [-0.4, -0.2) is 22.9 Å². The first-order valence-electron chi connectivity index (χ1n) is 13.3. The fourth-order valence-corrected chi connectivity index (χ4v) is 5.35. The van der Waals surface area contributed by atoms with E-state index in [1.54, 1.807) is 6.20 Å². The molecule has 0 bridgehead atoms. The maximum Gasteiger partial charge on any atom is 0.449 e. The molecule has 41 heavy (non-hydrogen) atoms. The summed E-state index contributed by atoms with van der Waals surface area (Å²) in [7, 11) is -2.08. The Balaban J connectivity index is 1.58. The number of fused-ring (bicyclic) bond motifs is 1. The molecular formula is C31H32F3N3O3Si. The summed E-state index contributed by atoms with van der Waals surface area (Å²) in [5.74, 6) is 0.0686. The van der Waals surface area contributed by atoms with Crippen LogP contribution in [0.3, 0.4) is 0 Å². The Morgan fingerprint density at radius 1 is 0.976 bits per heavy atom. The van der Waals surface area contributed by atoms with Gasteiger partial charge in [0.15, 0.2) is 5.82 Å². The van der Waals surface area contributed by atoms with Gasteiger partial charge in [0, 0.05) is 18.2 Å². The van der Waals surface area contributed by atoms with E-state index in [9.17, 15) is 18.0 Å². The van der Waals surface area contributed by atoms with Crippen molar-refractivity contribution in [2.75, 3.05) is 0 Å².